The Hall–Kier alpha value is -1.36. The number of carbonyl (C=O) groups is 1. The van der Waals surface area contributed by atoms with Crippen molar-refractivity contribution >= 4 is 5.91 Å². The molecular weight excluding hydrogens is 182 g/mol. The van der Waals surface area contributed by atoms with Crippen LogP contribution in [0.25, 0.3) is 0 Å². The van der Waals surface area contributed by atoms with Crippen LogP contribution in [0.1, 0.15) is 23.3 Å². The average Bonchev–Trinajstić information content (AvgIpc) is 2.84. The van der Waals surface area contributed by atoms with Gasteiger partial charge in [-0.3, -0.25) is 4.79 Å². The van der Waals surface area contributed by atoms with Gasteiger partial charge in [-0.2, -0.15) is 0 Å². The van der Waals surface area contributed by atoms with E-state index >= 15 is 0 Å². The quantitative estimate of drug-likeness (QED) is 0.656. The van der Waals surface area contributed by atoms with Gasteiger partial charge in [0.1, 0.15) is 6.26 Å². The van der Waals surface area contributed by atoms with Gasteiger partial charge in [-0.25, -0.2) is 0 Å². The summed E-state index contributed by atoms with van der Waals surface area (Å²) in [5.41, 5.74) is 0.330. The number of carbonyl (C=O) groups excluding carboxylic acids is 1. The molecule has 5 heteroatoms. The second-order valence-corrected chi connectivity index (χ2v) is 3.37. The molecule has 76 valence electrons. The fraction of sp³-hybridized carbons (Fsp3) is 0.556. The zero-order valence-electron chi connectivity index (χ0n) is 7.82. The van der Waals surface area contributed by atoms with Crippen LogP contribution in [-0.2, 0) is 0 Å². The van der Waals surface area contributed by atoms with Crippen molar-refractivity contribution in [2.75, 3.05) is 13.1 Å². The molecule has 14 heavy (non-hydrogen) atoms. The molecule has 1 fully saturated rings. The summed E-state index contributed by atoms with van der Waals surface area (Å²) < 4.78 is 4.56. The van der Waals surface area contributed by atoms with Gasteiger partial charge in [0.05, 0.1) is 0 Å². The summed E-state index contributed by atoms with van der Waals surface area (Å²) in [5, 5.41) is 9.58. The SMILES string of the molecule is O=C(NCCNC1CC1)c1ccon1. The maximum absolute atomic E-state index is 11.3. The Morgan fingerprint density at radius 3 is 3.07 bits per heavy atom. The first-order chi connectivity index (χ1) is 6.86. The van der Waals surface area contributed by atoms with Crippen LogP contribution in [0.2, 0.25) is 0 Å². The highest BCUT2D eigenvalue weighted by atomic mass is 16.5. The highest BCUT2D eigenvalue weighted by molar-refractivity contribution is 5.91. The number of rotatable bonds is 5. The van der Waals surface area contributed by atoms with Gasteiger partial charge in [0.15, 0.2) is 5.69 Å². The van der Waals surface area contributed by atoms with Crippen molar-refractivity contribution in [2.45, 2.75) is 18.9 Å². The molecule has 0 spiro atoms. The number of nitrogens with one attached hydrogen (secondary N) is 2. The summed E-state index contributed by atoms with van der Waals surface area (Å²) in [4.78, 5) is 11.3. The molecule has 5 nitrogen and oxygen atoms in total. The Morgan fingerprint density at radius 1 is 1.57 bits per heavy atom. The van der Waals surface area contributed by atoms with Crippen LogP contribution in [0.15, 0.2) is 16.9 Å². The minimum atomic E-state index is -0.184. The standard InChI is InChI=1S/C9H13N3O2/c13-9(8-3-6-14-12-8)11-5-4-10-7-1-2-7/h3,6-7,10H,1-2,4-5H2,(H,11,13). The number of aromatic nitrogens is 1. The largest absolute Gasteiger partial charge is 0.364 e. The number of nitrogens with zero attached hydrogens (tertiary/aromatic N) is 1. The van der Waals surface area contributed by atoms with Crippen molar-refractivity contribution in [1.82, 2.24) is 15.8 Å². The van der Waals surface area contributed by atoms with Gasteiger partial charge >= 0.3 is 0 Å². The van der Waals surface area contributed by atoms with Crippen LogP contribution >= 0.6 is 0 Å². The van der Waals surface area contributed by atoms with Crippen LogP contribution in [0.4, 0.5) is 0 Å². The third kappa shape index (κ3) is 2.56. The normalized spacial score (nSPS) is 15.4. The molecule has 1 amide bonds. The van der Waals surface area contributed by atoms with Gasteiger partial charge in [-0.15, -0.1) is 0 Å². The van der Waals surface area contributed by atoms with E-state index in [1.807, 2.05) is 0 Å². The van der Waals surface area contributed by atoms with Gasteiger partial charge in [0, 0.05) is 25.2 Å². The Bertz CT molecular complexity index is 293. The van der Waals surface area contributed by atoms with E-state index in [9.17, 15) is 4.79 Å². The van der Waals surface area contributed by atoms with Crippen LogP contribution < -0.4 is 10.6 Å². The van der Waals surface area contributed by atoms with E-state index in [1.165, 1.54) is 19.1 Å². The van der Waals surface area contributed by atoms with Crippen molar-refractivity contribution < 1.29 is 9.32 Å². The first-order valence-corrected chi connectivity index (χ1v) is 4.78. The predicted molar refractivity (Wildman–Crippen MR) is 49.9 cm³/mol. The summed E-state index contributed by atoms with van der Waals surface area (Å²) in [6, 6.07) is 2.22. The molecule has 1 heterocycles. The van der Waals surface area contributed by atoms with Crippen LogP contribution in [0.5, 0.6) is 0 Å². The molecule has 0 aliphatic heterocycles. The van der Waals surface area contributed by atoms with Crippen LogP contribution in [-0.4, -0.2) is 30.2 Å². The summed E-state index contributed by atoms with van der Waals surface area (Å²) in [6.45, 7) is 1.44. The van der Waals surface area contributed by atoms with E-state index in [2.05, 4.69) is 20.3 Å². The van der Waals surface area contributed by atoms with Gasteiger partial charge < -0.3 is 15.2 Å². The Balaban J connectivity index is 1.62. The molecule has 0 atom stereocenters. The summed E-state index contributed by atoms with van der Waals surface area (Å²) >= 11 is 0. The minimum Gasteiger partial charge on any atom is -0.364 e. The first-order valence-electron chi connectivity index (χ1n) is 4.78. The second-order valence-electron chi connectivity index (χ2n) is 3.37. The Labute approximate surface area is 81.8 Å². The van der Waals surface area contributed by atoms with Crippen LogP contribution in [0.3, 0.4) is 0 Å². The minimum absolute atomic E-state index is 0.184. The van der Waals surface area contributed by atoms with Crippen molar-refractivity contribution in [2.24, 2.45) is 0 Å². The molecule has 0 saturated heterocycles. The number of hydrogen-bond donors (Lipinski definition) is 2. The summed E-state index contributed by atoms with van der Waals surface area (Å²) in [6.07, 6.45) is 3.91. The molecule has 2 N–H and O–H groups in total. The van der Waals surface area contributed by atoms with Gasteiger partial charge in [-0.1, -0.05) is 5.16 Å². The van der Waals surface area contributed by atoms with Crippen molar-refractivity contribution in [3.05, 3.63) is 18.0 Å². The molecule has 0 unspecified atom stereocenters. The summed E-state index contributed by atoms with van der Waals surface area (Å²) in [5.74, 6) is -0.184. The average molecular weight is 195 g/mol. The number of amides is 1. The van der Waals surface area contributed by atoms with E-state index in [4.69, 9.17) is 0 Å². The molecule has 1 aliphatic rings. The summed E-state index contributed by atoms with van der Waals surface area (Å²) in [7, 11) is 0. The van der Waals surface area contributed by atoms with E-state index in [-0.39, 0.29) is 5.91 Å². The molecule has 0 radical (unpaired) electrons. The first kappa shape index (κ1) is 9.21. The van der Waals surface area contributed by atoms with E-state index in [0.717, 1.165) is 6.54 Å². The van der Waals surface area contributed by atoms with E-state index in [1.54, 1.807) is 6.07 Å². The fourth-order valence-corrected chi connectivity index (χ4v) is 1.16. The zero-order valence-corrected chi connectivity index (χ0v) is 7.82. The smallest absolute Gasteiger partial charge is 0.273 e. The lowest BCUT2D eigenvalue weighted by atomic mass is 10.4. The topological polar surface area (TPSA) is 67.2 Å². The lowest BCUT2D eigenvalue weighted by Gasteiger charge is -2.03. The lowest BCUT2D eigenvalue weighted by Crippen LogP contribution is -2.32. The Kier molecular flexibility index (Phi) is 2.78. The maximum atomic E-state index is 11.3. The monoisotopic (exact) mass is 195 g/mol. The van der Waals surface area contributed by atoms with Crippen molar-refractivity contribution in [1.29, 1.82) is 0 Å². The highest BCUT2D eigenvalue weighted by Crippen LogP contribution is 2.17. The van der Waals surface area contributed by atoms with Gasteiger partial charge in [0.2, 0.25) is 0 Å². The molecule has 1 aromatic rings. The van der Waals surface area contributed by atoms with Crippen LogP contribution in [0, 0.1) is 0 Å². The van der Waals surface area contributed by atoms with E-state index < -0.39 is 0 Å². The predicted octanol–water partition coefficient (Wildman–Crippen LogP) is 0.156. The second kappa shape index (κ2) is 4.23. The molecule has 0 bridgehead atoms. The Morgan fingerprint density at radius 2 is 2.43 bits per heavy atom. The zero-order chi connectivity index (χ0) is 9.80. The van der Waals surface area contributed by atoms with Crippen molar-refractivity contribution in [3.8, 4) is 0 Å². The third-order valence-electron chi connectivity index (χ3n) is 2.09. The fourth-order valence-electron chi connectivity index (χ4n) is 1.16. The third-order valence-corrected chi connectivity index (χ3v) is 2.09. The molecule has 0 aromatic carbocycles. The van der Waals surface area contributed by atoms with Gasteiger partial charge in [-0.05, 0) is 12.8 Å². The molecule has 1 saturated carbocycles. The van der Waals surface area contributed by atoms with Crippen molar-refractivity contribution in [3.63, 3.8) is 0 Å². The molecule has 1 aliphatic carbocycles. The van der Waals surface area contributed by atoms with Gasteiger partial charge in [0.25, 0.3) is 5.91 Å². The molecular formula is C9H13N3O2. The lowest BCUT2D eigenvalue weighted by molar-refractivity contribution is 0.0945. The molecule has 2 rings (SSSR count). The molecule has 1 aromatic heterocycles. The maximum Gasteiger partial charge on any atom is 0.273 e. The number of hydrogen-bond acceptors (Lipinski definition) is 4. The van der Waals surface area contributed by atoms with E-state index in [0.29, 0.717) is 18.3 Å². The highest BCUT2D eigenvalue weighted by Gasteiger charge is 2.19.